The number of nitrogens with zero attached hydrogens (tertiary/aromatic N) is 2. The lowest BCUT2D eigenvalue weighted by Gasteiger charge is -2.21. The van der Waals surface area contributed by atoms with Crippen LogP contribution in [0.5, 0.6) is 0 Å². The first-order valence-electron chi connectivity index (χ1n) is 9.16. The van der Waals surface area contributed by atoms with Crippen molar-refractivity contribution in [1.29, 1.82) is 0 Å². The third-order valence-corrected chi connectivity index (χ3v) is 4.63. The van der Waals surface area contributed by atoms with Crippen LogP contribution in [0, 0.1) is 0 Å². The number of ether oxygens (including phenoxy) is 1. The molecule has 1 aliphatic rings. The van der Waals surface area contributed by atoms with Crippen LogP contribution < -0.4 is 0 Å². The summed E-state index contributed by atoms with van der Waals surface area (Å²) in [5.41, 5.74) is 2.11. The van der Waals surface area contributed by atoms with Gasteiger partial charge in [0.1, 0.15) is 5.82 Å². The SMILES string of the molecule is CCCCc1nc2ccccc2n1CC(O)COC1CC=CCC1. The van der Waals surface area contributed by atoms with Crippen LogP contribution >= 0.6 is 0 Å². The summed E-state index contributed by atoms with van der Waals surface area (Å²) < 4.78 is 8.06. The van der Waals surface area contributed by atoms with Crippen LogP contribution in [0.2, 0.25) is 0 Å². The maximum absolute atomic E-state index is 10.5. The third-order valence-electron chi connectivity index (χ3n) is 4.63. The molecule has 4 heteroatoms. The number of imidazole rings is 1. The van der Waals surface area contributed by atoms with Gasteiger partial charge in [0, 0.05) is 6.42 Å². The van der Waals surface area contributed by atoms with Crippen molar-refractivity contribution in [2.75, 3.05) is 6.61 Å². The van der Waals surface area contributed by atoms with Crippen molar-refractivity contribution in [3.05, 3.63) is 42.2 Å². The highest BCUT2D eigenvalue weighted by molar-refractivity contribution is 5.75. The van der Waals surface area contributed by atoms with Gasteiger partial charge < -0.3 is 14.4 Å². The number of hydrogen-bond acceptors (Lipinski definition) is 3. The fraction of sp³-hybridized carbons (Fsp3) is 0.550. The van der Waals surface area contributed by atoms with Crippen molar-refractivity contribution in [2.24, 2.45) is 0 Å². The van der Waals surface area contributed by atoms with E-state index in [1.54, 1.807) is 0 Å². The van der Waals surface area contributed by atoms with Crippen LogP contribution in [0.3, 0.4) is 0 Å². The van der Waals surface area contributed by atoms with Crippen molar-refractivity contribution in [3.63, 3.8) is 0 Å². The Balaban J connectivity index is 1.66. The zero-order chi connectivity index (χ0) is 16.8. The lowest BCUT2D eigenvalue weighted by molar-refractivity contribution is -0.0176. The van der Waals surface area contributed by atoms with Gasteiger partial charge in [0.2, 0.25) is 0 Å². The van der Waals surface area contributed by atoms with Gasteiger partial charge in [0.25, 0.3) is 0 Å². The zero-order valence-electron chi connectivity index (χ0n) is 14.5. The molecule has 0 spiro atoms. The number of allylic oxidation sites excluding steroid dienone is 1. The molecule has 24 heavy (non-hydrogen) atoms. The molecular weight excluding hydrogens is 300 g/mol. The Morgan fingerprint density at radius 1 is 1.33 bits per heavy atom. The van der Waals surface area contributed by atoms with Gasteiger partial charge in [-0.3, -0.25) is 0 Å². The molecule has 0 fully saturated rings. The topological polar surface area (TPSA) is 47.3 Å². The van der Waals surface area contributed by atoms with Crippen LogP contribution in [-0.4, -0.2) is 33.5 Å². The number of aliphatic hydroxyl groups is 1. The Hall–Kier alpha value is -1.65. The number of benzene rings is 1. The van der Waals surface area contributed by atoms with Crippen molar-refractivity contribution < 1.29 is 9.84 Å². The van der Waals surface area contributed by atoms with E-state index in [2.05, 4.69) is 29.7 Å². The normalized spacial score (nSPS) is 19.0. The van der Waals surface area contributed by atoms with E-state index >= 15 is 0 Å². The lowest BCUT2D eigenvalue weighted by atomic mass is 10.1. The number of para-hydroxylation sites is 2. The molecule has 0 bridgehead atoms. The van der Waals surface area contributed by atoms with Crippen molar-refractivity contribution in [2.45, 2.75) is 64.2 Å². The molecule has 2 aromatic rings. The van der Waals surface area contributed by atoms with Gasteiger partial charge in [-0.2, -0.15) is 0 Å². The van der Waals surface area contributed by atoms with Gasteiger partial charge >= 0.3 is 0 Å². The summed E-state index contributed by atoms with van der Waals surface area (Å²) >= 11 is 0. The minimum atomic E-state index is -0.506. The first-order chi connectivity index (χ1) is 11.8. The van der Waals surface area contributed by atoms with Gasteiger partial charge in [-0.05, 0) is 37.8 Å². The van der Waals surface area contributed by atoms with E-state index in [0.29, 0.717) is 13.2 Å². The van der Waals surface area contributed by atoms with Gasteiger partial charge in [-0.1, -0.05) is 37.6 Å². The summed E-state index contributed by atoms with van der Waals surface area (Å²) in [6.07, 6.45) is 10.4. The molecule has 130 valence electrons. The Bertz CT molecular complexity index is 677. The largest absolute Gasteiger partial charge is 0.389 e. The molecule has 3 rings (SSSR count). The average molecular weight is 328 g/mol. The Labute approximate surface area is 144 Å². The summed E-state index contributed by atoms with van der Waals surface area (Å²) in [4.78, 5) is 4.76. The average Bonchev–Trinajstić information content (AvgIpc) is 2.97. The smallest absolute Gasteiger partial charge is 0.109 e. The Morgan fingerprint density at radius 2 is 2.21 bits per heavy atom. The van der Waals surface area contributed by atoms with E-state index in [9.17, 15) is 5.11 Å². The lowest BCUT2D eigenvalue weighted by Crippen LogP contribution is -2.26. The second kappa shape index (κ2) is 8.45. The predicted molar refractivity (Wildman–Crippen MR) is 97.1 cm³/mol. The molecule has 0 saturated heterocycles. The first-order valence-corrected chi connectivity index (χ1v) is 9.16. The quantitative estimate of drug-likeness (QED) is 0.748. The molecule has 0 saturated carbocycles. The van der Waals surface area contributed by atoms with Crippen molar-refractivity contribution in [3.8, 4) is 0 Å². The third kappa shape index (κ3) is 4.25. The fourth-order valence-corrected chi connectivity index (χ4v) is 3.28. The van der Waals surface area contributed by atoms with E-state index in [1.165, 1.54) is 0 Å². The minimum absolute atomic E-state index is 0.253. The Kier molecular flexibility index (Phi) is 6.05. The molecule has 2 atom stereocenters. The van der Waals surface area contributed by atoms with Crippen LogP contribution in [0.1, 0.15) is 44.9 Å². The number of fused-ring (bicyclic) bond motifs is 1. The van der Waals surface area contributed by atoms with Gasteiger partial charge in [-0.25, -0.2) is 4.98 Å². The summed E-state index contributed by atoms with van der Waals surface area (Å²) in [6, 6.07) is 8.16. The van der Waals surface area contributed by atoms with Crippen molar-refractivity contribution >= 4 is 11.0 Å². The van der Waals surface area contributed by atoms with E-state index in [4.69, 9.17) is 9.72 Å². The van der Waals surface area contributed by atoms with Crippen LogP contribution in [0.4, 0.5) is 0 Å². The number of unbranched alkanes of at least 4 members (excludes halogenated alkanes) is 1. The maximum Gasteiger partial charge on any atom is 0.109 e. The highest BCUT2D eigenvalue weighted by Gasteiger charge is 2.16. The number of aryl methyl sites for hydroxylation is 1. The number of hydrogen-bond donors (Lipinski definition) is 1. The molecule has 0 amide bonds. The number of aliphatic hydroxyl groups excluding tert-OH is 1. The summed E-state index contributed by atoms with van der Waals surface area (Å²) in [7, 11) is 0. The molecule has 4 nitrogen and oxygen atoms in total. The van der Waals surface area contributed by atoms with E-state index < -0.39 is 6.10 Å². The van der Waals surface area contributed by atoms with Gasteiger partial charge in [-0.15, -0.1) is 0 Å². The monoisotopic (exact) mass is 328 g/mol. The van der Waals surface area contributed by atoms with Crippen LogP contribution in [-0.2, 0) is 17.7 Å². The molecule has 1 N–H and O–H groups in total. The van der Waals surface area contributed by atoms with Gasteiger partial charge in [0.05, 0.1) is 36.4 Å². The van der Waals surface area contributed by atoms with Crippen molar-refractivity contribution in [1.82, 2.24) is 9.55 Å². The first kappa shape index (κ1) is 17.2. The summed E-state index contributed by atoms with van der Waals surface area (Å²) in [5.74, 6) is 1.07. The fourth-order valence-electron chi connectivity index (χ4n) is 3.28. The standard InChI is InChI=1S/C20H28N2O2/c1-2-3-13-20-21-18-11-7-8-12-19(18)22(20)14-16(23)15-24-17-9-5-4-6-10-17/h4-5,7-8,11-12,16-17,23H,2-3,6,9-10,13-15H2,1H3. The molecule has 0 aliphatic heterocycles. The molecule has 1 aromatic heterocycles. The molecule has 1 heterocycles. The highest BCUT2D eigenvalue weighted by Crippen LogP contribution is 2.19. The molecular formula is C20H28N2O2. The molecule has 2 unspecified atom stereocenters. The number of aromatic nitrogens is 2. The molecule has 1 aromatic carbocycles. The molecule has 1 aliphatic carbocycles. The van der Waals surface area contributed by atoms with E-state index in [-0.39, 0.29) is 6.10 Å². The Morgan fingerprint density at radius 3 is 3.00 bits per heavy atom. The highest BCUT2D eigenvalue weighted by atomic mass is 16.5. The van der Waals surface area contributed by atoms with E-state index in [0.717, 1.165) is 55.4 Å². The maximum atomic E-state index is 10.5. The summed E-state index contributed by atoms with van der Waals surface area (Å²) in [5, 5.41) is 10.5. The second-order valence-corrected chi connectivity index (χ2v) is 6.62. The minimum Gasteiger partial charge on any atom is -0.389 e. The van der Waals surface area contributed by atoms with Crippen LogP contribution in [0.15, 0.2) is 36.4 Å². The van der Waals surface area contributed by atoms with E-state index in [1.807, 2.05) is 18.2 Å². The predicted octanol–water partition coefficient (Wildman–Crippen LogP) is 3.87. The van der Waals surface area contributed by atoms with Crippen LogP contribution in [0.25, 0.3) is 11.0 Å². The molecule has 0 radical (unpaired) electrons. The zero-order valence-corrected chi connectivity index (χ0v) is 14.5. The summed E-state index contributed by atoms with van der Waals surface area (Å²) in [6.45, 7) is 3.12. The number of rotatable bonds is 8. The second-order valence-electron chi connectivity index (χ2n) is 6.62. The van der Waals surface area contributed by atoms with Gasteiger partial charge in [0.15, 0.2) is 0 Å².